The third-order valence-corrected chi connectivity index (χ3v) is 4.72. The average Bonchev–Trinajstić information content (AvgIpc) is 2.99. The number of guanidine groups is 1. The van der Waals surface area contributed by atoms with Crippen LogP contribution in [0.4, 0.5) is 0 Å². The zero-order chi connectivity index (χ0) is 15.9. The molecule has 0 aromatic rings. The Balaban J connectivity index is 0.00000264. The van der Waals surface area contributed by atoms with E-state index in [2.05, 4.69) is 29.0 Å². The molecule has 0 aromatic heterocycles. The van der Waals surface area contributed by atoms with Crippen LogP contribution in [0.1, 0.15) is 33.6 Å². The van der Waals surface area contributed by atoms with Crippen LogP contribution in [-0.4, -0.2) is 85.0 Å². The standard InChI is InChI=1S/C16H31N5O.HI/c1-4-17-16(18-13-15-7-6-8-19(15)5-2)21-11-9-20(10-12-21)14(3)22;/h15H,4-13H2,1-3H3,(H,17,18);1H. The van der Waals surface area contributed by atoms with Crippen LogP contribution in [0.5, 0.6) is 0 Å². The lowest BCUT2D eigenvalue weighted by molar-refractivity contribution is -0.130. The molecule has 2 fully saturated rings. The Kier molecular flexibility index (Phi) is 9.19. The lowest BCUT2D eigenvalue weighted by Crippen LogP contribution is -2.53. The molecule has 0 spiro atoms. The van der Waals surface area contributed by atoms with Crippen molar-refractivity contribution in [3.8, 4) is 0 Å². The first-order chi connectivity index (χ1) is 10.7. The van der Waals surface area contributed by atoms with Crippen LogP contribution in [0.15, 0.2) is 4.99 Å². The van der Waals surface area contributed by atoms with E-state index in [9.17, 15) is 4.79 Å². The molecule has 0 aromatic carbocycles. The molecule has 2 rings (SSSR count). The molecule has 134 valence electrons. The van der Waals surface area contributed by atoms with Gasteiger partial charge in [0.05, 0.1) is 6.54 Å². The van der Waals surface area contributed by atoms with Gasteiger partial charge in [0.2, 0.25) is 5.91 Å². The highest BCUT2D eigenvalue weighted by molar-refractivity contribution is 14.0. The maximum Gasteiger partial charge on any atom is 0.219 e. The smallest absolute Gasteiger partial charge is 0.219 e. The van der Waals surface area contributed by atoms with E-state index in [1.807, 2.05) is 4.90 Å². The number of nitrogens with one attached hydrogen (secondary N) is 1. The monoisotopic (exact) mass is 437 g/mol. The van der Waals surface area contributed by atoms with Crippen molar-refractivity contribution in [3.63, 3.8) is 0 Å². The van der Waals surface area contributed by atoms with E-state index in [4.69, 9.17) is 4.99 Å². The average molecular weight is 437 g/mol. The van der Waals surface area contributed by atoms with E-state index in [-0.39, 0.29) is 29.9 Å². The van der Waals surface area contributed by atoms with Gasteiger partial charge in [0.25, 0.3) is 0 Å². The van der Waals surface area contributed by atoms with Gasteiger partial charge in [-0.3, -0.25) is 14.7 Å². The first-order valence-electron chi connectivity index (χ1n) is 8.68. The molecule has 1 unspecified atom stereocenters. The Bertz CT molecular complexity index is 396. The molecule has 7 heteroatoms. The summed E-state index contributed by atoms with van der Waals surface area (Å²) < 4.78 is 0. The molecule has 1 amide bonds. The second-order valence-electron chi connectivity index (χ2n) is 6.11. The van der Waals surface area contributed by atoms with Crippen LogP contribution in [0.2, 0.25) is 0 Å². The van der Waals surface area contributed by atoms with Crippen LogP contribution in [0, 0.1) is 0 Å². The molecule has 2 heterocycles. The van der Waals surface area contributed by atoms with E-state index in [1.165, 1.54) is 19.4 Å². The van der Waals surface area contributed by atoms with Crippen molar-refractivity contribution in [1.29, 1.82) is 0 Å². The number of rotatable bonds is 4. The summed E-state index contributed by atoms with van der Waals surface area (Å²) in [6.07, 6.45) is 2.55. The van der Waals surface area contributed by atoms with Gasteiger partial charge in [0.1, 0.15) is 0 Å². The lowest BCUT2D eigenvalue weighted by atomic mass is 10.2. The second kappa shape index (κ2) is 10.3. The van der Waals surface area contributed by atoms with Gasteiger partial charge in [-0.2, -0.15) is 0 Å². The van der Waals surface area contributed by atoms with E-state index >= 15 is 0 Å². The third-order valence-electron chi connectivity index (χ3n) is 4.72. The number of hydrogen-bond donors (Lipinski definition) is 1. The summed E-state index contributed by atoms with van der Waals surface area (Å²) in [5.74, 6) is 1.18. The molecule has 2 aliphatic heterocycles. The highest BCUT2D eigenvalue weighted by atomic mass is 127. The van der Waals surface area contributed by atoms with Crippen molar-refractivity contribution in [1.82, 2.24) is 20.0 Å². The molecule has 0 aliphatic carbocycles. The van der Waals surface area contributed by atoms with Gasteiger partial charge in [0, 0.05) is 45.7 Å². The molecule has 1 N–H and O–H groups in total. The molecule has 0 bridgehead atoms. The quantitative estimate of drug-likeness (QED) is 0.408. The maximum absolute atomic E-state index is 11.4. The van der Waals surface area contributed by atoms with Gasteiger partial charge < -0.3 is 15.1 Å². The summed E-state index contributed by atoms with van der Waals surface area (Å²) in [4.78, 5) is 23.0. The fourth-order valence-electron chi connectivity index (χ4n) is 3.37. The summed E-state index contributed by atoms with van der Waals surface area (Å²) >= 11 is 0. The molecule has 6 nitrogen and oxygen atoms in total. The first kappa shape index (κ1) is 20.5. The van der Waals surface area contributed by atoms with E-state index in [0.717, 1.165) is 51.8 Å². The number of amides is 1. The van der Waals surface area contributed by atoms with Gasteiger partial charge in [-0.15, -0.1) is 24.0 Å². The number of likely N-dealkylation sites (N-methyl/N-ethyl adjacent to an activating group) is 1. The minimum atomic E-state index is 0. The molecular weight excluding hydrogens is 405 g/mol. The van der Waals surface area contributed by atoms with Crippen molar-refractivity contribution >= 4 is 35.8 Å². The number of nitrogens with zero attached hydrogens (tertiary/aromatic N) is 4. The highest BCUT2D eigenvalue weighted by Crippen LogP contribution is 2.16. The number of aliphatic imine (C=N–C) groups is 1. The fraction of sp³-hybridized carbons (Fsp3) is 0.875. The summed E-state index contributed by atoms with van der Waals surface area (Å²) in [6, 6.07) is 0.595. The number of carbonyl (C=O) groups excluding carboxylic acids is 1. The maximum atomic E-state index is 11.4. The number of piperazine rings is 1. The summed E-state index contributed by atoms with van der Waals surface area (Å²) in [5.41, 5.74) is 0. The normalized spacial score (nSPS) is 22.9. The summed E-state index contributed by atoms with van der Waals surface area (Å²) in [6.45, 7) is 13.4. The molecule has 0 saturated carbocycles. The summed E-state index contributed by atoms with van der Waals surface area (Å²) in [7, 11) is 0. The Morgan fingerprint density at radius 3 is 2.35 bits per heavy atom. The second-order valence-corrected chi connectivity index (χ2v) is 6.11. The van der Waals surface area contributed by atoms with E-state index < -0.39 is 0 Å². The highest BCUT2D eigenvalue weighted by Gasteiger charge is 2.24. The number of halogens is 1. The van der Waals surface area contributed by atoms with Crippen molar-refractivity contribution in [2.45, 2.75) is 39.7 Å². The first-order valence-corrected chi connectivity index (χ1v) is 8.68. The van der Waals surface area contributed by atoms with Crippen LogP contribution in [0.3, 0.4) is 0 Å². The zero-order valence-corrected chi connectivity index (χ0v) is 17.1. The van der Waals surface area contributed by atoms with Crippen LogP contribution in [0.25, 0.3) is 0 Å². The minimum absolute atomic E-state index is 0. The molecule has 0 radical (unpaired) electrons. The molecular formula is C16H32IN5O. The fourth-order valence-corrected chi connectivity index (χ4v) is 3.37. The molecule has 2 aliphatic rings. The predicted octanol–water partition coefficient (Wildman–Crippen LogP) is 1.22. The minimum Gasteiger partial charge on any atom is -0.357 e. The molecule has 2 saturated heterocycles. The van der Waals surface area contributed by atoms with Gasteiger partial charge in [-0.25, -0.2) is 0 Å². The predicted molar refractivity (Wildman–Crippen MR) is 105 cm³/mol. The lowest BCUT2D eigenvalue weighted by Gasteiger charge is -2.36. The number of likely N-dealkylation sites (tertiary alicyclic amines) is 1. The Hall–Kier alpha value is -0.570. The third kappa shape index (κ3) is 5.77. The van der Waals surface area contributed by atoms with E-state index in [0.29, 0.717) is 6.04 Å². The van der Waals surface area contributed by atoms with Crippen LogP contribution >= 0.6 is 24.0 Å². The van der Waals surface area contributed by atoms with E-state index in [1.54, 1.807) is 6.92 Å². The van der Waals surface area contributed by atoms with Crippen molar-refractivity contribution in [2.75, 3.05) is 52.4 Å². The zero-order valence-electron chi connectivity index (χ0n) is 14.8. The topological polar surface area (TPSA) is 51.2 Å². The van der Waals surface area contributed by atoms with Crippen molar-refractivity contribution < 1.29 is 4.79 Å². The van der Waals surface area contributed by atoms with Crippen molar-refractivity contribution in [2.24, 2.45) is 4.99 Å². The Morgan fingerprint density at radius 1 is 1.13 bits per heavy atom. The number of carbonyl (C=O) groups is 1. The molecule has 1 atom stereocenters. The Labute approximate surface area is 157 Å². The van der Waals surface area contributed by atoms with Gasteiger partial charge >= 0.3 is 0 Å². The van der Waals surface area contributed by atoms with Crippen LogP contribution < -0.4 is 5.32 Å². The SMILES string of the molecule is CCNC(=NCC1CCCN1CC)N1CCN(C(C)=O)CC1.I. The van der Waals surface area contributed by atoms with Crippen LogP contribution in [-0.2, 0) is 4.79 Å². The van der Waals surface area contributed by atoms with Gasteiger partial charge in [-0.1, -0.05) is 6.92 Å². The van der Waals surface area contributed by atoms with Crippen molar-refractivity contribution in [3.05, 3.63) is 0 Å². The Morgan fingerprint density at radius 2 is 1.78 bits per heavy atom. The summed E-state index contributed by atoms with van der Waals surface area (Å²) in [5, 5.41) is 3.41. The molecule has 23 heavy (non-hydrogen) atoms. The number of hydrogen-bond acceptors (Lipinski definition) is 3. The largest absolute Gasteiger partial charge is 0.357 e. The van der Waals surface area contributed by atoms with Gasteiger partial charge in [-0.05, 0) is 32.9 Å². The van der Waals surface area contributed by atoms with Gasteiger partial charge in [0.15, 0.2) is 5.96 Å².